The maximum Gasteiger partial charge on any atom is 0.319 e. The van der Waals surface area contributed by atoms with Crippen LogP contribution < -0.4 is 0 Å². The van der Waals surface area contributed by atoms with Crippen molar-refractivity contribution in [3.8, 4) is 0 Å². The Balaban J connectivity index is 2.08. The maximum atomic E-state index is 11.4. The molecule has 1 unspecified atom stereocenters. The summed E-state index contributed by atoms with van der Waals surface area (Å²) in [6.07, 6.45) is 2.49. The molecule has 1 aliphatic rings. The van der Waals surface area contributed by atoms with Gasteiger partial charge in [0.25, 0.3) is 0 Å². The maximum absolute atomic E-state index is 11.4. The summed E-state index contributed by atoms with van der Waals surface area (Å²) < 4.78 is 4.97. The van der Waals surface area contributed by atoms with E-state index in [-0.39, 0.29) is 11.2 Å². The number of hydrogen-bond donors (Lipinski definition) is 0. The molecule has 2 heterocycles. The molecule has 0 bridgehead atoms. The normalized spacial score (nSPS) is 19.1. The number of aromatic nitrogens is 1. The summed E-state index contributed by atoms with van der Waals surface area (Å²) in [6.45, 7) is 2.27. The largest absolute Gasteiger partial charge is 0.465 e. The van der Waals surface area contributed by atoms with Gasteiger partial charge in [-0.1, -0.05) is 17.8 Å². The quantitative estimate of drug-likeness (QED) is 0.694. The summed E-state index contributed by atoms with van der Waals surface area (Å²) in [6, 6.07) is 3.90. The molecule has 0 amide bonds. The third-order valence-electron chi connectivity index (χ3n) is 2.06. The Labute approximate surface area is 86.9 Å². The number of ether oxygens (including phenoxy) is 1. The molecule has 0 saturated carbocycles. The van der Waals surface area contributed by atoms with Gasteiger partial charge in [-0.15, -0.1) is 0 Å². The van der Waals surface area contributed by atoms with Gasteiger partial charge in [0.2, 0.25) is 0 Å². The predicted molar refractivity (Wildman–Crippen MR) is 54.2 cm³/mol. The first-order valence-corrected chi connectivity index (χ1v) is 5.46. The lowest BCUT2D eigenvalue weighted by Crippen LogP contribution is -2.19. The topological polar surface area (TPSA) is 39.2 Å². The molecule has 0 N–H and O–H groups in total. The van der Waals surface area contributed by atoms with Gasteiger partial charge in [0.05, 0.1) is 6.61 Å². The first-order valence-electron chi connectivity index (χ1n) is 4.58. The van der Waals surface area contributed by atoms with Crippen molar-refractivity contribution in [2.45, 2.75) is 23.6 Å². The molecular formula is C10H11NO2S. The summed E-state index contributed by atoms with van der Waals surface area (Å²) in [4.78, 5) is 15.7. The highest BCUT2D eigenvalue weighted by Gasteiger charge is 2.29. The highest BCUT2D eigenvalue weighted by molar-refractivity contribution is 8.00. The average Bonchev–Trinajstić information content (AvgIpc) is 2.61. The minimum Gasteiger partial charge on any atom is -0.465 e. The van der Waals surface area contributed by atoms with Crippen molar-refractivity contribution in [1.82, 2.24) is 4.98 Å². The highest BCUT2D eigenvalue weighted by Crippen LogP contribution is 2.35. The molecule has 2 rings (SSSR count). The van der Waals surface area contributed by atoms with Crippen LogP contribution in [0.5, 0.6) is 0 Å². The zero-order chi connectivity index (χ0) is 9.97. The van der Waals surface area contributed by atoms with E-state index in [2.05, 4.69) is 4.98 Å². The second-order valence-electron chi connectivity index (χ2n) is 3.03. The first kappa shape index (κ1) is 9.52. The lowest BCUT2D eigenvalue weighted by atomic mass is 10.2. The Hall–Kier alpha value is -1.03. The lowest BCUT2D eigenvalue weighted by Gasteiger charge is -2.05. The molecule has 0 aromatic carbocycles. The fraction of sp³-hybridized carbons (Fsp3) is 0.400. The van der Waals surface area contributed by atoms with Crippen LogP contribution in [-0.2, 0) is 16.0 Å². The fourth-order valence-electron chi connectivity index (χ4n) is 1.43. The number of nitrogens with zero attached hydrogens (tertiary/aromatic N) is 1. The van der Waals surface area contributed by atoms with Gasteiger partial charge in [-0.3, -0.25) is 4.79 Å². The van der Waals surface area contributed by atoms with Crippen LogP contribution in [0.15, 0.2) is 23.4 Å². The van der Waals surface area contributed by atoms with Gasteiger partial charge in [-0.2, -0.15) is 0 Å². The minimum absolute atomic E-state index is 0.0974. The van der Waals surface area contributed by atoms with Crippen LogP contribution >= 0.6 is 11.8 Å². The lowest BCUT2D eigenvalue weighted by molar-refractivity contribution is -0.142. The molecule has 1 aromatic heterocycles. The third kappa shape index (κ3) is 1.75. The molecule has 14 heavy (non-hydrogen) atoms. The second kappa shape index (κ2) is 4.00. The summed E-state index contributed by atoms with van der Waals surface area (Å²) in [5, 5.41) is 0.866. The summed E-state index contributed by atoms with van der Waals surface area (Å²) >= 11 is 1.50. The van der Waals surface area contributed by atoms with E-state index in [1.807, 2.05) is 19.1 Å². The Bertz CT molecular complexity index is 329. The van der Waals surface area contributed by atoms with Crippen molar-refractivity contribution in [2.24, 2.45) is 0 Å². The molecule has 0 aliphatic carbocycles. The smallest absolute Gasteiger partial charge is 0.319 e. The Morgan fingerprint density at radius 2 is 2.64 bits per heavy atom. The van der Waals surface area contributed by atoms with E-state index in [9.17, 15) is 4.79 Å². The van der Waals surface area contributed by atoms with Crippen molar-refractivity contribution >= 4 is 17.7 Å². The van der Waals surface area contributed by atoms with Crippen LogP contribution in [0.2, 0.25) is 0 Å². The van der Waals surface area contributed by atoms with Crippen LogP contribution in [0.4, 0.5) is 0 Å². The molecule has 1 atom stereocenters. The summed E-state index contributed by atoms with van der Waals surface area (Å²) in [5.41, 5.74) is 1.15. The van der Waals surface area contributed by atoms with E-state index in [0.717, 1.165) is 17.0 Å². The molecule has 1 aromatic rings. The number of carbonyl (C=O) groups is 1. The van der Waals surface area contributed by atoms with Gasteiger partial charge in [0.1, 0.15) is 10.3 Å². The molecule has 0 saturated heterocycles. The number of hydrogen-bond acceptors (Lipinski definition) is 4. The van der Waals surface area contributed by atoms with Crippen molar-refractivity contribution in [2.75, 3.05) is 6.61 Å². The van der Waals surface area contributed by atoms with Crippen LogP contribution in [0.1, 0.15) is 12.5 Å². The first-order chi connectivity index (χ1) is 6.81. The Morgan fingerprint density at radius 1 is 1.79 bits per heavy atom. The molecule has 1 aliphatic heterocycles. The number of thioether (sulfide) groups is 1. The van der Waals surface area contributed by atoms with Crippen LogP contribution in [-0.4, -0.2) is 22.8 Å². The summed E-state index contributed by atoms with van der Waals surface area (Å²) in [5.74, 6) is -0.129. The van der Waals surface area contributed by atoms with Crippen LogP contribution in [0.3, 0.4) is 0 Å². The number of pyridine rings is 1. The van der Waals surface area contributed by atoms with Crippen molar-refractivity contribution in [1.29, 1.82) is 0 Å². The van der Waals surface area contributed by atoms with Gasteiger partial charge in [0.15, 0.2) is 0 Å². The van der Waals surface area contributed by atoms with E-state index in [1.165, 1.54) is 11.8 Å². The van der Waals surface area contributed by atoms with Gasteiger partial charge in [0, 0.05) is 6.20 Å². The van der Waals surface area contributed by atoms with E-state index < -0.39 is 0 Å². The number of rotatable bonds is 2. The third-order valence-corrected chi connectivity index (χ3v) is 3.29. The zero-order valence-electron chi connectivity index (χ0n) is 7.90. The molecule has 0 fully saturated rings. The van der Waals surface area contributed by atoms with Gasteiger partial charge < -0.3 is 4.74 Å². The molecule has 0 radical (unpaired) electrons. The van der Waals surface area contributed by atoms with E-state index in [0.29, 0.717) is 6.61 Å². The van der Waals surface area contributed by atoms with Gasteiger partial charge >= 0.3 is 5.97 Å². The zero-order valence-corrected chi connectivity index (χ0v) is 8.71. The number of carbonyl (C=O) groups excluding carboxylic acids is 1. The van der Waals surface area contributed by atoms with Crippen molar-refractivity contribution < 1.29 is 9.53 Å². The van der Waals surface area contributed by atoms with E-state index >= 15 is 0 Å². The molecule has 3 nitrogen and oxygen atoms in total. The van der Waals surface area contributed by atoms with Crippen molar-refractivity contribution in [3.63, 3.8) is 0 Å². The summed E-state index contributed by atoms with van der Waals surface area (Å²) in [7, 11) is 0. The van der Waals surface area contributed by atoms with Crippen molar-refractivity contribution in [3.05, 3.63) is 23.9 Å². The Kier molecular flexibility index (Phi) is 2.72. The molecule has 74 valence electrons. The highest BCUT2D eigenvalue weighted by atomic mass is 32.2. The SMILES string of the molecule is CCOC(=O)C1Cc2cccnc2S1. The second-order valence-corrected chi connectivity index (χ2v) is 4.22. The minimum atomic E-state index is -0.129. The average molecular weight is 209 g/mol. The fourth-order valence-corrected chi connectivity index (χ4v) is 2.55. The van der Waals surface area contributed by atoms with E-state index in [4.69, 9.17) is 4.74 Å². The van der Waals surface area contributed by atoms with Crippen LogP contribution in [0, 0.1) is 0 Å². The monoisotopic (exact) mass is 209 g/mol. The van der Waals surface area contributed by atoms with Crippen LogP contribution in [0.25, 0.3) is 0 Å². The molecular weight excluding hydrogens is 198 g/mol. The van der Waals surface area contributed by atoms with Gasteiger partial charge in [-0.05, 0) is 25.0 Å². The van der Waals surface area contributed by atoms with E-state index in [1.54, 1.807) is 6.20 Å². The van der Waals surface area contributed by atoms with Gasteiger partial charge in [-0.25, -0.2) is 4.98 Å². The Morgan fingerprint density at radius 3 is 3.36 bits per heavy atom. The molecule has 0 spiro atoms. The predicted octanol–water partition coefficient (Wildman–Crippen LogP) is 1.66. The number of esters is 1. The molecule has 4 heteroatoms. The number of fused-ring (bicyclic) bond motifs is 1. The standard InChI is InChI=1S/C10H11NO2S/c1-2-13-10(12)8-6-7-4-3-5-11-9(7)14-8/h3-5,8H,2,6H2,1H3.